The third kappa shape index (κ3) is 4.52. The Hall–Kier alpha value is -0.800. The van der Waals surface area contributed by atoms with Crippen LogP contribution in [0.2, 0.25) is 0 Å². The van der Waals surface area contributed by atoms with E-state index >= 15 is 0 Å². The van der Waals surface area contributed by atoms with Crippen molar-refractivity contribution in [3.05, 3.63) is 24.0 Å². The average molecular weight is 238 g/mol. The number of hydrogen-bond donors (Lipinski definition) is 1. The lowest BCUT2D eigenvalue weighted by atomic mass is 9.98. The number of ether oxygens (including phenoxy) is 1. The molecule has 0 amide bonds. The summed E-state index contributed by atoms with van der Waals surface area (Å²) in [7, 11) is 0. The molecular formula is C14H26N2O. The van der Waals surface area contributed by atoms with E-state index in [-0.39, 0.29) is 0 Å². The average Bonchev–Trinajstić information content (AvgIpc) is 2.75. The van der Waals surface area contributed by atoms with Gasteiger partial charge < -0.3 is 14.6 Å². The molecule has 0 aliphatic heterocycles. The molecule has 3 nitrogen and oxygen atoms in total. The second kappa shape index (κ2) is 7.51. The predicted molar refractivity (Wildman–Crippen MR) is 71.9 cm³/mol. The van der Waals surface area contributed by atoms with Crippen molar-refractivity contribution in [1.82, 2.24) is 9.88 Å². The van der Waals surface area contributed by atoms with E-state index in [1.54, 1.807) is 0 Å². The molecule has 98 valence electrons. The maximum absolute atomic E-state index is 5.40. The highest BCUT2D eigenvalue weighted by atomic mass is 16.5. The van der Waals surface area contributed by atoms with Gasteiger partial charge in [0.2, 0.25) is 0 Å². The molecule has 1 aromatic rings. The van der Waals surface area contributed by atoms with Gasteiger partial charge in [0.1, 0.15) is 6.73 Å². The molecular weight excluding hydrogens is 212 g/mol. The van der Waals surface area contributed by atoms with E-state index in [4.69, 9.17) is 4.74 Å². The first kappa shape index (κ1) is 14.3. The Kier molecular flexibility index (Phi) is 6.30. The van der Waals surface area contributed by atoms with Gasteiger partial charge in [-0.25, -0.2) is 0 Å². The number of nitrogens with one attached hydrogen (secondary N) is 1. The van der Waals surface area contributed by atoms with E-state index in [0.717, 1.165) is 13.2 Å². The van der Waals surface area contributed by atoms with Crippen LogP contribution in [-0.4, -0.2) is 17.7 Å². The molecule has 1 atom stereocenters. The Morgan fingerprint density at radius 1 is 1.35 bits per heavy atom. The SMILES string of the molecule is CCCNC(c1ccn(COCC)c1)C(C)C. The highest BCUT2D eigenvalue weighted by Gasteiger charge is 2.15. The molecule has 0 aliphatic rings. The van der Waals surface area contributed by atoms with E-state index in [1.165, 1.54) is 12.0 Å². The van der Waals surface area contributed by atoms with Gasteiger partial charge in [-0.1, -0.05) is 20.8 Å². The first-order valence-corrected chi connectivity index (χ1v) is 6.65. The van der Waals surface area contributed by atoms with Crippen LogP contribution in [0.1, 0.15) is 45.7 Å². The van der Waals surface area contributed by atoms with E-state index in [1.807, 2.05) is 6.92 Å². The molecule has 1 unspecified atom stereocenters. The first-order chi connectivity index (χ1) is 8.19. The topological polar surface area (TPSA) is 26.2 Å². The van der Waals surface area contributed by atoms with Gasteiger partial charge in [0.05, 0.1) is 0 Å². The molecule has 0 saturated carbocycles. The van der Waals surface area contributed by atoms with Crippen LogP contribution in [0.3, 0.4) is 0 Å². The molecule has 0 aliphatic carbocycles. The van der Waals surface area contributed by atoms with E-state index < -0.39 is 0 Å². The Morgan fingerprint density at radius 3 is 2.71 bits per heavy atom. The Labute approximate surface area is 105 Å². The summed E-state index contributed by atoms with van der Waals surface area (Å²) in [5, 5.41) is 3.60. The minimum absolute atomic E-state index is 0.442. The van der Waals surface area contributed by atoms with Gasteiger partial charge >= 0.3 is 0 Å². The van der Waals surface area contributed by atoms with Crippen LogP contribution < -0.4 is 5.32 Å². The van der Waals surface area contributed by atoms with E-state index in [0.29, 0.717) is 18.7 Å². The van der Waals surface area contributed by atoms with Gasteiger partial charge in [0, 0.05) is 25.0 Å². The zero-order valence-corrected chi connectivity index (χ0v) is 11.6. The molecule has 17 heavy (non-hydrogen) atoms. The van der Waals surface area contributed by atoms with Gasteiger partial charge in [-0.2, -0.15) is 0 Å². The second-order valence-electron chi connectivity index (χ2n) is 4.76. The third-order valence-electron chi connectivity index (χ3n) is 2.86. The molecule has 0 saturated heterocycles. The third-order valence-corrected chi connectivity index (χ3v) is 2.86. The van der Waals surface area contributed by atoms with Crippen molar-refractivity contribution in [2.24, 2.45) is 5.92 Å². The first-order valence-electron chi connectivity index (χ1n) is 6.65. The summed E-state index contributed by atoms with van der Waals surface area (Å²) >= 11 is 0. The second-order valence-corrected chi connectivity index (χ2v) is 4.76. The summed E-state index contributed by atoms with van der Waals surface area (Å²) < 4.78 is 7.50. The van der Waals surface area contributed by atoms with Crippen molar-refractivity contribution in [1.29, 1.82) is 0 Å². The Balaban J connectivity index is 2.63. The summed E-state index contributed by atoms with van der Waals surface area (Å²) in [5.74, 6) is 0.601. The summed E-state index contributed by atoms with van der Waals surface area (Å²) in [4.78, 5) is 0. The van der Waals surface area contributed by atoms with Gasteiger partial charge in [-0.15, -0.1) is 0 Å². The molecule has 1 rings (SSSR count). The molecule has 0 radical (unpaired) electrons. The Bertz CT molecular complexity index is 307. The van der Waals surface area contributed by atoms with Crippen molar-refractivity contribution in [3.63, 3.8) is 0 Å². The molecule has 0 spiro atoms. The predicted octanol–water partition coefficient (Wildman–Crippen LogP) is 3.18. The quantitative estimate of drug-likeness (QED) is 0.753. The summed E-state index contributed by atoms with van der Waals surface area (Å²) in [6.07, 6.45) is 5.44. The molecule has 1 heterocycles. The fraction of sp³-hybridized carbons (Fsp3) is 0.714. The molecule has 1 aromatic heterocycles. The lowest BCUT2D eigenvalue weighted by Crippen LogP contribution is -2.26. The van der Waals surface area contributed by atoms with Crippen LogP contribution in [0.15, 0.2) is 18.5 Å². The smallest absolute Gasteiger partial charge is 0.122 e. The largest absolute Gasteiger partial charge is 0.361 e. The van der Waals surface area contributed by atoms with E-state index in [2.05, 4.69) is 49.1 Å². The molecule has 3 heteroatoms. The summed E-state index contributed by atoms with van der Waals surface area (Å²) in [6.45, 7) is 11.2. The van der Waals surface area contributed by atoms with Crippen molar-refractivity contribution in [3.8, 4) is 0 Å². The lowest BCUT2D eigenvalue weighted by Gasteiger charge is -2.21. The number of aromatic nitrogens is 1. The maximum Gasteiger partial charge on any atom is 0.122 e. The summed E-state index contributed by atoms with van der Waals surface area (Å²) in [5.41, 5.74) is 1.35. The summed E-state index contributed by atoms with van der Waals surface area (Å²) in [6, 6.07) is 2.63. The van der Waals surface area contributed by atoms with Gasteiger partial charge in [0.15, 0.2) is 0 Å². The number of hydrogen-bond acceptors (Lipinski definition) is 2. The van der Waals surface area contributed by atoms with Crippen LogP contribution in [-0.2, 0) is 11.5 Å². The lowest BCUT2D eigenvalue weighted by molar-refractivity contribution is 0.0879. The number of nitrogens with zero attached hydrogens (tertiary/aromatic N) is 1. The normalized spacial score (nSPS) is 13.2. The van der Waals surface area contributed by atoms with Crippen LogP contribution in [0.4, 0.5) is 0 Å². The highest BCUT2D eigenvalue weighted by molar-refractivity contribution is 5.16. The van der Waals surface area contributed by atoms with Crippen LogP contribution in [0.5, 0.6) is 0 Å². The van der Waals surface area contributed by atoms with Crippen molar-refractivity contribution >= 4 is 0 Å². The molecule has 1 N–H and O–H groups in total. The van der Waals surface area contributed by atoms with Gasteiger partial charge in [-0.3, -0.25) is 0 Å². The van der Waals surface area contributed by atoms with Crippen LogP contribution in [0.25, 0.3) is 0 Å². The minimum Gasteiger partial charge on any atom is -0.361 e. The van der Waals surface area contributed by atoms with Gasteiger partial charge in [-0.05, 0) is 37.4 Å². The Morgan fingerprint density at radius 2 is 2.12 bits per heavy atom. The molecule has 0 fully saturated rings. The van der Waals surface area contributed by atoms with Crippen molar-refractivity contribution in [2.75, 3.05) is 13.2 Å². The zero-order chi connectivity index (χ0) is 12.7. The minimum atomic E-state index is 0.442. The van der Waals surface area contributed by atoms with Crippen LogP contribution in [0, 0.1) is 5.92 Å². The highest BCUT2D eigenvalue weighted by Crippen LogP contribution is 2.21. The standard InChI is InChI=1S/C14H26N2O/c1-5-8-15-14(12(3)4)13-7-9-16(10-13)11-17-6-2/h7,9-10,12,14-15H,5-6,8,11H2,1-4H3. The molecule has 0 aromatic carbocycles. The fourth-order valence-electron chi connectivity index (χ4n) is 1.96. The maximum atomic E-state index is 5.40. The van der Waals surface area contributed by atoms with Crippen molar-refractivity contribution in [2.45, 2.75) is 46.9 Å². The van der Waals surface area contributed by atoms with Crippen LogP contribution >= 0.6 is 0 Å². The van der Waals surface area contributed by atoms with Gasteiger partial charge in [0.25, 0.3) is 0 Å². The number of rotatable bonds is 8. The van der Waals surface area contributed by atoms with Crippen molar-refractivity contribution < 1.29 is 4.74 Å². The monoisotopic (exact) mass is 238 g/mol. The zero-order valence-electron chi connectivity index (χ0n) is 11.6. The molecule has 0 bridgehead atoms. The van der Waals surface area contributed by atoms with E-state index in [9.17, 15) is 0 Å². The fourth-order valence-corrected chi connectivity index (χ4v) is 1.96.